The summed E-state index contributed by atoms with van der Waals surface area (Å²) in [6.45, 7) is 3.74. The first-order chi connectivity index (χ1) is 9.86. The topological polar surface area (TPSA) is 103 Å². The molecule has 1 aromatic carbocycles. The van der Waals surface area contributed by atoms with E-state index in [2.05, 4.69) is 4.98 Å². The second-order valence-corrected chi connectivity index (χ2v) is 4.54. The minimum atomic E-state index is -1.29. The lowest BCUT2D eigenvalue weighted by molar-refractivity contribution is -0.386. The van der Waals surface area contributed by atoms with Crippen LogP contribution in [0.5, 0.6) is 11.6 Å². The second kappa shape index (κ2) is 5.58. The van der Waals surface area contributed by atoms with E-state index >= 15 is 0 Å². The van der Waals surface area contributed by atoms with Crippen molar-refractivity contribution >= 4 is 11.7 Å². The molecule has 0 unspecified atom stereocenters. The standard InChI is InChI=1S/C14H12N2O5/c1-8-3-9(2)5-11(4-8)21-13-12(16(19)20)6-10(7-15-13)14(17)18/h3-7H,1-2H3,(H,17,18). The SMILES string of the molecule is Cc1cc(C)cc(Oc2ncc(C(=O)O)cc2[N+](=O)[O-])c1. The Bertz CT molecular complexity index is 707. The maximum absolute atomic E-state index is 11.0. The summed E-state index contributed by atoms with van der Waals surface area (Å²) in [7, 11) is 0. The lowest BCUT2D eigenvalue weighted by atomic mass is 10.1. The summed E-state index contributed by atoms with van der Waals surface area (Å²) < 4.78 is 5.42. The van der Waals surface area contributed by atoms with Crippen LogP contribution in [0, 0.1) is 24.0 Å². The molecule has 21 heavy (non-hydrogen) atoms. The number of ether oxygens (including phenoxy) is 1. The molecule has 0 atom stereocenters. The molecule has 0 amide bonds. The molecule has 2 rings (SSSR count). The Morgan fingerprint density at radius 3 is 2.38 bits per heavy atom. The summed E-state index contributed by atoms with van der Waals surface area (Å²) in [6.07, 6.45) is 1.02. The number of nitrogens with zero attached hydrogens (tertiary/aromatic N) is 2. The highest BCUT2D eigenvalue weighted by Crippen LogP contribution is 2.30. The second-order valence-electron chi connectivity index (χ2n) is 4.54. The molecule has 1 heterocycles. The van der Waals surface area contributed by atoms with Gasteiger partial charge in [-0.3, -0.25) is 10.1 Å². The Morgan fingerprint density at radius 1 is 1.24 bits per heavy atom. The molecule has 0 saturated heterocycles. The molecule has 1 aromatic heterocycles. The van der Waals surface area contributed by atoms with E-state index in [-0.39, 0.29) is 11.4 Å². The summed E-state index contributed by atoms with van der Waals surface area (Å²) in [5, 5.41) is 19.9. The van der Waals surface area contributed by atoms with Gasteiger partial charge in [0.15, 0.2) is 0 Å². The highest BCUT2D eigenvalue weighted by molar-refractivity contribution is 5.88. The molecule has 0 fully saturated rings. The van der Waals surface area contributed by atoms with Crippen LogP contribution in [0.15, 0.2) is 30.5 Å². The van der Waals surface area contributed by atoms with E-state index in [1.165, 1.54) is 0 Å². The number of aryl methyl sites for hydroxylation is 2. The van der Waals surface area contributed by atoms with Crippen molar-refractivity contribution in [3.05, 3.63) is 57.3 Å². The van der Waals surface area contributed by atoms with Crippen molar-refractivity contribution in [3.8, 4) is 11.6 Å². The minimum Gasteiger partial charge on any atom is -0.478 e. The van der Waals surface area contributed by atoms with Gasteiger partial charge in [0.2, 0.25) is 0 Å². The first-order valence-corrected chi connectivity index (χ1v) is 6.00. The van der Waals surface area contributed by atoms with E-state index in [1.807, 2.05) is 19.9 Å². The minimum absolute atomic E-state index is 0.241. The van der Waals surface area contributed by atoms with E-state index in [4.69, 9.17) is 9.84 Å². The molecule has 0 radical (unpaired) electrons. The number of rotatable bonds is 4. The number of nitro groups is 1. The maximum atomic E-state index is 11.0. The third-order valence-corrected chi connectivity index (χ3v) is 2.69. The van der Waals surface area contributed by atoms with Crippen molar-refractivity contribution in [1.82, 2.24) is 4.98 Å². The van der Waals surface area contributed by atoms with E-state index in [0.29, 0.717) is 5.75 Å². The number of carboxylic acid groups (broad SMARTS) is 1. The molecular weight excluding hydrogens is 276 g/mol. The van der Waals surface area contributed by atoms with E-state index in [0.717, 1.165) is 23.4 Å². The van der Waals surface area contributed by atoms with Crippen molar-refractivity contribution in [3.63, 3.8) is 0 Å². The van der Waals surface area contributed by atoms with Gasteiger partial charge < -0.3 is 9.84 Å². The van der Waals surface area contributed by atoms with Crippen molar-refractivity contribution in [2.24, 2.45) is 0 Å². The fraction of sp³-hybridized carbons (Fsp3) is 0.143. The normalized spacial score (nSPS) is 10.2. The molecule has 0 aliphatic heterocycles. The van der Waals surface area contributed by atoms with Crippen molar-refractivity contribution < 1.29 is 19.6 Å². The number of hydrogen-bond acceptors (Lipinski definition) is 5. The van der Waals surface area contributed by atoms with Gasteiger partial charge in [0, 0.05) is 12.3 Å². The quantitative estimate of drug-likeness (QED) is 0.685. The lowest BCUT2D eigenvalue weighted by Crippen LogP contribution is -2.02. The van der Waals surface area contributed by atoms with Crippen molar-refractivity contribution in [1.29, 1.82) is 0 Å². The number of carboxylic acids is 1. The van der Waals surface area contributed by atoms with E-state index < -0.39 is 16.6 Å². The van der Waals surface area contributed by atoms with Crippen LogP contribution in [-0.4, -0.2) is 21.0 Å². The molecular formula is C14H12N2O5. The van der Waals surface area contributed by atoms with Gasteiger partial charge in [0.1, 0.15) is 5.75 Å². The molecule has 108 valence electrons. The van der Waals surface area contributed by atoms with Crippen LogP contribution in [0.1, 0.15) is 21.5 Å². The summed E-state index contributed by atoms with van der Waals surface area (Å²) in [6, 6.07) is 6.28. The average molecular weight is 288 g/mol. The third-order valence-electron chi connectivity index (χ3n) is 2.69. The monoisotopic (exact) mass is 288 g/mol. The zero-order valence-corrected chi connectivity index (χ0v) is 11.4. The van der Waals surface area contributed by atoms with Crippen LogP contribution in [0.4, 0.5) is 5.69 Å². The van der Waals surface area contributed by atoms with Crippen LogP contribution >= 0.6 is 0 Å². The Balaban J connectivity index is 2.43. The number of aromatic carboxylic acids is 1. The fourth-order valence-corrected chi connectivity index (χ4v) is 1.87. The van der Waals surface area contributed by atoms with Crippen molar-refractivity contribution in [2.75, 3.05) is 0 Å². The lowest BCUT2D eigenvalue weighted by Gasteiger charge is -2.07. The molecule has 0 aliphatic carbocycles. The number of benzene rings is 1. The van der Waals surface area contributed by atoms with Gasteiger partial charge in [-0.05, 0) is 37.1 Å². The predicted molar refractivity (Wildman–Crippen MR) is 73.8 cm³/mol. The van der Waals surface area contributed by atoms with Crippen LogP contribution < -0.4 is 4.74 Å². The molecule has 0 aliphatic rings. The van der Waals surface area contributed by atoms with Gasteiger partial charge in [0.05, 0.1) is 10.5 Å². The molecule has 7 heteroatoms. The number of pyridine rings is 1. The van der Waals surface area contributed by atoms with Gasteiger partial charge in [0.25, 0.3) is 5.88 Å². The Morgan fingerprint density at radius 2 is 1.86 bits per heavy atom. The van der Waals surface area contributed by atoms with Crippen LogP contribution in [0.3, 0.4) is 0 Å². The highest BCUT2D eigenvalue weighted by atomic mass is 16.6. The smallest absolute Gasteiger partial charge is 0.337 e. The number of carbonyl (C=O) groups is 1. The van der Waals surface area contributed by atoms with Gasteiger partial charge in [-0.25, -0.2) is 9.78 Å². The maximum Gasteiger partial charge on any atom is 0.337 e. The molecule has 7 nitrogen and oxygen atoms in total. The average Bonchev–Trinajstić information content (AvgIpc) is 2.37. The van der Waals surface area contributed by atoms with Gasteiger partial charge in [-0.15, -0.1) is 0 Å². The Labute approximate surface area is 120 Å². The largest absolute Gasteiger partial charge is 0.478 e. The predicted octanol–water partition coefficient (Wildman–Crippen LogP) is 3.10. The van der Waals surface area contributed by atoms with E-state index in [9.17, 15) is 14.9 Å². The number of aromatic nitrogens is 1. The van der Waals surface area contributed by atoms with Crippen LogP contribution in [0.2, 0.25) is 0 Å². The van der Waals surface area contributed by atoms with Crippen molar-refractivity contribution in [2.45, 2.75) is 13.8 Å². The van der Waals surface area contributed by atoms with Crippen LogP contribution in [-0.2, 0) is 0 Å². The van der Waals surface area contributed by atoms with Gasteiger partial charge in [-0.1, -0.05) is 6.07 Å². The summed E-state index contributed by atoms with van der Waals surface area (Å²) >= 11 is 0. The third kappa shape index (κ3) is 3.33. The zero-order valence-electron chi connectivity index (χ0n) is 11.4. The van der Waals surface area contributed by atoms with E-state index in [1.54, 1.807) is 12.1 Å². The van der Waals surface area contributed by atoms with Gasteiger partial charge in [-0.2, -0.15) is 0 Å². The molecule has 0 saturated carbocycles. The zero-order chi connectivity index (χ0) is 15.6. The number of hydrogen-bond donors (Lipinski definition) is 1. The summed E-state index contributed by atoms with van der Waals surface area (Å²) in [5.41, 5.74) is 1.12. The first kappa shape index (κ1) is 14.4. The first-order valence-electron chi connectivity index (χ1n) is 6.00. The summed E-state index contributed by atoms with van der Waals surface area (Å²) in [4.78, 5) is 24.9. The Hall–Kier alpha value is -2.96. The van der Waals surface area contributed by atoms with Gasteiger partial charge >= 0.3 is 11.7 Å². The molecule has 0 bridgehead atoms. The molecule has 1 N–H and O–H groups in total. The van der Waals surface area contributed by atoms with Crippen LogP contribution in [0.25, 0.3) is 0 Å². The highest BCUT2D eigenvalue weighted by Gasteiger charge is 2.21. The molecule has 2 aromatic rings. The molecule has 0 spiro atoms. The summed E-state index contributed by atoms with van der Waals surface area (Å²) in [5.74, 6) is -1.12. The Kier molecular flexibility index (Phi) is 3.84. The fourth-order valence-electron chi connectivity index (χ4n) is 1.87.